The van der Waals surface area contributed by atoms with Crippen LogP contribution >= 0.6 is 0 Å². The molecule has 0 radical (unpaired) electrons. The van der Waals surface area contributed by atoms with Crippen molar-refractivity contribution in [1.29, 1.82) is 0 Å². The van der Waals surface area contributed by atoms with Crippen molar-refractivity contribution < 1.29 is 9.47 Å². The maximum absolute atomic E-state index is 5.83. The van der Waals surface area contributed by atoms with E-state index in [1.54, 1.807) is 0 Å². The molecule has 3 saturated heterocycles. The van der Waals surface area contributed by atoms with Crippen molar-refractivity contribution in [2.45, 2.75) is 43.6 Å². The molecular weight excluding hydrogens is 254 g/mol. The summed E-state index contributed by atoms with van der Waals surface area (Å²) in [5.41, 5.74) is 0. The Bertz CT molecular complexity index is 324. The van der Waals surface area contributed by atoms with E-state index < -0.39 is 0 Å². The molecule has 5 nitrogen and oxygen atoms in total. The van der Waals surface area contributed by atoms with Gasteiger partial charge in [-0.15, -0.1) is 0 Å². The summed E-state index contributed by atoms with van der Waals surface area (Å²) in [6.45, 7) is 8.96. The van der Waals surface area contributed by atoms with Crippen LogP contribution in [0.4, 0.5) is 0 Å². The van der Waals surface area contributed by atoms with E-state index in [0.717, 1.165) is 38.1 Å². The number of nitrogens with zero attached hydrogens (tertiary/aromatic N) is 2. The van der Waals surface area contributed by atoms with E-state index >= 15 is 0 Å². The Morgan fingerprint density at radius 3 is 1.85 bits per heavy atom. The van der Waals surface area contributed by atoms with Gasteiger partial charge in [-0.05, 0) is 12.8 Å². The molecule has 3 aliphatic heterocycles. The summed E-state index contributed by atoms with van der Waals surface area (Å²) >= 11 is 0. The van der Waals surface area contributed by atoms with E-state index in [1.807, 2.05) is 0 Å². The summed E-state index contributed by atoms with van der Waals surface area (Å²) in [5, 5.41) is 3.38. The minimum Gasteiger partial charge on any atom is -0.348 e. The molecule has 4 fully saturated rings. The molecule has 0 aromatic heterocycles. The molecule has 4 aliphatic rings. The summed E-state index contributed by atoms with van der Waals surface area (Å²) < 4.78 is 11.7. The summed E-state index contributed by atoms with van der Waals surface area (Å²) in [4.78, 5) is 5.38. The third kappa shape index (κ3) is 2.50. The van der Waals surface area contributed by atoms with Crippen LogP contribution in [-0.2, 0) is 9.47 Å². The highest BCUT2D eigenvalue weighted by atomic mass is 16.7. The van der Waals surface area contributed by atoms with Crippen LogP contribution in [0.3, 0.4) is 0 Å². The molecule has 1 N–H and O–H groups in total. The Morgan fingerprint density at radius 2 is 1.35 bits per heavy atom. The fourth-order valence-corrected chi connectivity index (χ4v) is 4.19. The molecule has 1 spiro atoms. The van der Waals surface area contributed by atoms with Crippen LogP contribution < -0.4 is 5.32 Å². The van der Waals surface area contributed by atoms with E-state index in [1.165, 1.54) is 52.1 Å². The first kappa shape index (κ1) is 13.5. The first-order valence-electron chi connectivity index (χ1n) is 8.31. The lowest BCUT2D eigenvalue weighted by Crippen LogP contribution is -2.62. The summed E-state index contributed by atoms with van der Waals surface area (Å²) in [6, 6.07) is 1.57. The smallest absolute Gasteiger partial charge is 0.168 e. The first-order chi connectivity index (χ1) is 9.85. The summed E-state index contributed by atoms with van der Waals surface area (Å²) in [7, 11) is 0. The van der Waals surface area contributed by atoms with Gasteiger partial charge in [0.2, 0.25) is 0 Å². The van der Waals surface area contributed by atoms with Crippen molar-refractivity contribution in [3.63, 3.8) is 0 Å². The zero-order valence-electron chi connectivity index (χ0n) is 12.4. The van der Waals surface area contributed by atoms with Gasteiger partial charge in [0, 0.05) is 64.2 Å². The Labute approximate surface area is 121 Å². The van der Waals surface area contributed by atoms with Crippen LogP contribution in [0.1, 0.15) is 25.7 Å². The topological polar surface area (TPSA) is 37.0 Å². The van der Waals surface area contributed by atoms with Crippen molar-refractivity contribution >= 4 is 0 Å². The number of piperazine rings is 1. The molecular formula is C15H27N3O2. The number of rotatable bonds is 2. The van der Waals surface area contributed by atoms with Gasteiger partial charge in [-0.1, -0.05) is 0 Å². The van der Waals surface area contributed by atoms with Crippen LogP contribution in [0, 0.1) is 0 Å². The Hall–Kier alpha value is -0.200. The van der Waals surface area contributed by atoms with Gasteiger partial charge in [-0.3, -0.25) is 9.80 Å². The minimum atomic E-state index is -0.198. The number of nitrogens with one attached hydrogen (secondary N) is 1. The normalized spacial score (nSPS) is 33.6. The number of hydrogen-bond donors (Lipinski definition) is 1. The van der Waals surface area contributed by atoms with Gasteiger partial charge in [0.25, 0.3) is 0 Å². The highest BCUT2D eigenvalue weighted by Gasteiger charge is 2.42. The SMILES string of the molecule is C1COC2(CCC(N3CCN(C4CNC4)CC3)CC2)O1. The Morgan fingerprint density at radius 1 is 0.800 bits per heavy atom. The van der Waals surface area contributed by atoms with Crippen molar-refractivity contribution in [2.24, 2.45) is 0 Å². The molecule has 0 aromatic carbocycles. The monoisotopic (exact) mass is 281 g/mol. The molecule has 1 saturated carbocycles. The molecule has 0 bridgehead atoms. The molecule has 0 aromatic rings. The third-order valence-electron chi connectivity index (χ3n) is 5.67. The number of ether oxygens (including phenoxy) is 2. The van der Waals surface area contributed by atoms with E-state index in [4.69, 9.17) is 9.47 Å². The van der Waals surface area contributed by atoms with Crippen molar-refractivity contribution in [2.75, 3.05) is 52.5 Å². The molecule has 4 rings (SSSR count). The molecule has 20 heavy (non-hydrogen) atoms. The van der Waals surface area contributed by atoms with Gasteiger partial charge < -0.3 is 14.8 Å². The van der Waals surface area contributed by atoms with Crippen molar-refractivity contribution in [1.82, 2.24) is 15.1 Å². The van der Waals surface area contributed by atoms with Gasteiger partial charge >= 0.3 is 0 Å². The summed E-state index contributed by atoms with van der Waals surface area (Å²) in [6.07, 6.45) is 4.66. The third-order valence-corrected chi connectivity index (χ3v) is 5.67. The van der Waals surface area contributed by atoms with Crippen molar-refractivity contribution in [3.05, 3.63) is 0 Å². The second-order valence-electron chi connectivity index (χ2n) is 6.72. The maximum Gasteiger partial charge on any atom is 0.168 e. The van der Waals surface area contributed by atoms with Crippen LogP contribution in [0.5, 0.6) is 0 Å². The Kier molecular flexibility index (Phi) is 3.73. The molecule has 0 unspecified atom stereocenters. The molecule has 3 heterocycles. The van der Waals surface area contributed by atoms with Gasteiger partial charge in [0.1, 0.15) is 0 Å². The minimum absolute atomic E-state index is 0.198. The lowest BCUT2D eigenvalue weighted by Gasteiger charge is -2.47. The lowest BCUT2D eigenvalue weighted by atomic mass is 9.88. The predicted octanol–water partition coefficient (Wildman–Crippen LogP) is 0.262. The van der Waals surface area contributed by atoms with Crippen LogP contribution in [0.15, 0.2) is 0 Å². The maximum atomic E-state index is 5.83. The quantitative estimate of drug-likeness (QED) is 0.786. The van der Waals surface area contributed by atoms with Gasteiger partial charge in [-0.25, -0.2) is 0 Å². The highest BCUT2D eigenvalue weighted by Crippen LogP contribution is 2.37. The second kappa shape index (κ2) is 5.54. The van der Waals surface area contributed by atoms with Gasteiger partial charge in [-0.2, -0.15) is 0 Å². The highest BCUT2D eigenvalue weighted by molar-refractivity contribution is 4.91. The second-order valence-corrected chi connectivity index (χ2v) is 6.72. The van der Waals surface area contributed by atoms with E-state index in [0.29, 0.717) is 0 Å². The van der Waals surface area contributed by atoms with Crippen molar-refractivity contribution in [3.8, 4) is 0 Å². The molecule has 0 atom stereocenters. The molecule has 114 valence electrons. The average molecular weight is 281 g/mol. The lowest BCUT2D eigenvalue weighted by molar-refractivity contribution is -0.184. The average Bonchev–Trinajstić information content (AvgIpc) is 2.87. The fourth-order valence-electron chi connectivity index (χ4n) is 4.19. The van der Waals surface area contributed by atoms with E-state index in [2.05, 4.69) is 15.1 Å². The molecule has 5 heteroatoms. The largest absolute Gasteiger partial charge is 0.348 e. The van der Waals surface area contributed by atoms with Crippen LogP contribution in [-0.4, -0.2) is 80.2 Å². The predicted molar refractivity (Wildman–Crippen MR) is 76.7 cm³/mol. The Balaban J connectivity index is 1.25. The molecule has 1 aliphatic carbocycles. The number of hydrogen-bond acceptors (Lipinski definition) is 5. The zero-order valence-corrected chi connectivity index (χ0v) is 12.4. The van der Waals surface area contributed by atoms with Gasteiger partial charge in [0.05, 0.1) is 13.2 Å². The van der Waals surface area contributed by atoms with Crippen LogP contribution in [0.25, 0.3) is 0 Å². The van der Waals surface area contributed by atoms with Gasteiger partial charge in [0.15, 0.2) is 5.79 Å². The molecule has 0 amide bonds. The van der Waals surface area contributed by atoms with Crippen LogP contribution in [0.2, 0.25) is 0 Å². The zero-order chi connectivity index (χ0) is 13.4. The van der Waals surface area contributed by atoms with E-state index in [-0.39, 0.29) is 5.79 Å². The standard InChI is InChI=1S/C15H27N3O2/c1-3-15(19-9-10-20-15)4-2-13(1)17-5-7-18(8-6-17)14-11-16-12-14/h13-14,16H,1-12H2. The van der Waals surface area contributed by atoms with E-state index in [9.17, 15) is 0 Å². The first-order valence-corrected chi connectivity index (χ1v) is 8.31. The fraction of sp³-hybridized carbons (Fsp3) is 1.00. The summed E-state index contributed by atoms with van der Waals surface area (Å²) in [5.74, 6) is -0.198.